The van der Waals surface area contributed by atoms with Gasteiger partial charge in [-0.05, 0) is 24.6 Å². The van der Waals surface area contributed by atoms with Crippen molar-refractivity contribution in [3.63, 3.8) is 0 Å². The first kappa shape index (κ1) is 25.8. The molecule has 34 heavy (non-hydrogen) atoms. The summed E-state index contributed by atoms with van der Waals surface area (Å²) in [6.45, 7) is 2.37. The topological polar surface area (TPSA) is 142 Å². The third kappa shape index (κ3) is 4.46. The summed E-state index contributed by atoms with van der Waals surface area (Å²) in [7, 11) is -4.19. The summed E-state index contributed by atoms with van der Waals surface area (Å²) in [5.41, 5.74) is -6.46. The zero-order valence-corrected chi connectivity index (χ0v) is 19.5. The number of amides is 1. The van der Waals surface area contributed by atoms with Gasteiger partial charge in [-0.25, -0.2) is 4.79 Å². The van der Waals surface area contributed by atoms with Gasteiger partial charge < -0.3 is 13.4 Å². The van der Waals surface area contributed by atoms with E-state index in [-0.39, 0.29) is 5.69 Å². The van der Waals surface area contributed by atoms with Crippen LogP contribution in [-0.4, -0.2) is 47.8 Å². The van der Waals surface area contributed by atoms with Crippen LogP contribution in [0.15, 0.2) is 35.7 Å². The highest BCUT2D eigenvalue weighted by Crippen LogP contribution is 2.49. The van der Waals surface area contributed by atoms with E-state index in [0.717, 1.165) is 17.0 Å². The number of β-lactam (4-membered cyclic amide) rings is 1. The molecule has 0 aromatic heterocycles. The molecule has 5 unspecified atom stereocenters. The lowest BCUT2D eigenvalue weighted by atomic mass is 9.79. The maximum Gasteiger partial charge on any atom is 0.534 e. The van der Waals surface area contributed by atoms with Gasteiger partial charge >= 0.3 is 21.6 Å². The molecule has 0 bridgehead atoms. The number of halogens is 3. The van der Waals surface area contributed by atoms with Crippen molar-refractivity contribution in [2.24, 2.45) is 11.8 Å². The van der Waals surface area contributed by atoms with Gasteiger partial charge in [0.15, 0.2) is 11.5 Å². The van der Waals surface area contributed by atoms with Gasteiger partial charge in [0, 0.05) is 27.5 Å². The lowest BCUT2D eigenvalue weighted by Crippen LogP contribution is -2.63. The van der Waals surface area contributed by atoms with Crippen LogP contribution in [-0.2, 0) is 39.8 Å². The zero-order chi connectivity index (χ0) is 25.6. The van der Waals surface area contributed by atoms with E-state index in [1.54, 1.807) is 0 Å². The largest absolute Gasteiger partial charge is 0.534 e. The van der Waals surface area contributed by atoms with Crippen molar-refractivity contribution in [1.82, 2.24) is 4.90 Å². The second-order valence-electron chi connectivity index (χ2n) is 7.55. The molecule has 1 aromatic rings. The van der Waals surface area contributed by atoms with Crippen molar-refractivity contribution in [3.05, 3.63) is 51.4 Å². The number of benzene rings is 1. The molecule has 11 nitrogen and oxygen atoms in total. The van der Waals surface area contributed by atoms with Crippen LogP contribution in [0, 0.1) is 22.0 Å². The molecule has 0 aliphatic carbocycles. The molecule has 186 valence electrons. The van der Waals surface area contributed by atoms with E-state index in [0.29, 0.717) is 5.56 Å². The fourth-order valence-corrected chi connectivity index (χ4v) is 4.52. The number of carbonyl (C=O) groups excluding carboxylic acids is 2. The van der Waals surface area contributed by atoms with Crippen LogP contribution in [0.5, 0.6) is 0 Å². The highest BCUT2D eigenvalue weighted by atomic mass is 32.2. The molecule has 0 N–H and O–H groups in total. The predicted octanol–water partition coefficient (Wildman–Crippen LogP) is 2.39. The van der Waals surface area contributed by atoms with E-state index in [1.807, 2.05) is 9.47 Å². The number of alkyl halides is 3. The molecule has 1 amide bonds. The Labute approximate surface area is 193 Å². The number of rotatable bonds is 8. The maximum atomic E-state index is 12.9. The molecule has 3 rings (SSSR count). The van der Waals surface area contributed by atoms with Gasteiger partial charge in [-0.3, -0.25) is 19.8 Å². The molecular weight excluding hydrogens is 508 g/mol. The molecule has 0 radical (unpaired) electrons. The molecule has 16 heteroatoms. The molecule has 2 aliphatic heterocycles. The minimum atomic E-state index is -6.14. The first-order chi connectivity index (χ1) is 15.7. The summed E-state index contributed by atoms with van der Waals surface area (Å²) in [5, 5.41) is 10.7. The number of ether oxygens (including phenoxy) is 1. The number of fused-ring (bicyclic) bond motifs is 1. The fourth-order valence-electron chi connectivity index (χ4n) is 3.79. The molecular formula is C18H18F3N2O9PS. The minimum Gasteiger partial charge on any atom is -0.456 e. The van der Waals surface area contributed by atoms with Gasteiger partial charge in [0.25, 0.3) is 5.69 Å². The SMILES string of the molecule is CC(OP)C1C(=O)N2C(C(=O)OCc3ccc([N+](=O)[O-])cc3)=C(OS(=O)(=O)C(F)(F)F)C(C)C12. The van der Waals surface area contributed by atoms with Crippen LogP contribution in [0.25, 0.3) is 0 Å². The highest BCUT2D eigenvalue weighted by Gasteiger charge is 2.63. The van der Waals surface area contributed by atoms with Gasteiger partial charge in [-0.2, -0.15) is 21.6 Å². The van der Waals surface area contributed by atoms with E-state index < -0.39 is 74.5 Å². The maximum absolute atomic E-state index is 12.9. The summed E-state index contributed by atoms with van der Waals surface area (Å²) in [6.07, 6.45) is -0.711. The quantitative estimate of drug-likeness (QED) is 0.0949. The standard InChI is InChI=1S/C18H18F3N2O9PS/c1-8-13-12(9(2)31-33)16(24)22(13)14(15(8)32-34(28,29)18(19,20)21)17(25)30-7-10-3-5-11(6-4-10)23(26)27/h3-6,8-9,12-13H,7,33H2,1-2H3. The van der Waals surface area contributed by atoms with E-state index in [2.05, 4.69) is 4.18 Å². The lowest BCUT2D eigenvalue weighted by Gasteiger charge is -2.46. The minimum absolute atomic E-state index is 0.221. The fraction of sp³-hybridized carbons (Fsp3) is 0.444. The summed E-state index contributed by atoms with van der Waals surface area (Å²) in [4.78, 5) is 36.4. The lowest BCUT2D eigenvalue weighted by molar-refractivity contribution is -0.384. The predicted molar refractivity (Wildman–Crippen MR) is 110 cm³/mol. The zero-order valence-electron chi connectivity index (χ0n) is 17.5. The second kappa shape index (κ2) is 9.12. The summed E-state index contributed by atoms with van der Waals surface area (Å²) in [5.74, 6) is -4.84. The van der Waals surface area contributed by atoms with Crippen molar-refractivity contribution < 1.29 is 49.5 Å². The Morgan fingerprint density at radius 3 is 2.38 bits per heavy atom. The first-order valence-corrected chi connectivity index (χ1v) is 11.4. The average Bonchev–Trinajstić information content (AvgIpc) is 2.99. The van der Waals surface area contributed by atoms with Crippen LogP contribution in [0.3, 0.4) is 0 Å². The van der Waals surface area contributed by atoms with Crippen LogP contribution in [0.4, 0.5) is 18.9 Å². The number of hydrogen-bond acceptors (Lipinski definition) is 9. The Kier molecular flexibility index (Phi) is 6.93. The van der Waals surface area contributed by atoms with Gasteiger partial charge in [0.05, 0.1) is 23.0 Å². The molecule has 2 aliphatic rings. The second-order valence-corrected chi connectivity index (χ2v) is 9.36. The molecule has 2 heterocycles. The summed E-state index contributed by atoms with van der Waals surface area (Å²) < 4.78 is 76.6. The smallest absolute Gasteiger partial charge is 0.456 e. The van der Waals surface area contributed by atoms with Crippen molar-refractivity contribution in [2.45, 2.75) is 38.1 Å². The van der Waals surface area contributed by atoms with Crippen molar-refractivity contribution in [1.29, 1.82) is 0 Å². The summed E-state index contributed by atoms with van der Waals surface area (Å²) in [6, 6.07) is 3.97. The number of non-ortho nitro benzene ring substituents is 1. The Hall–Kier alpha value is -2.77. The Morgan fingerprint density at radius 1 is 1.29 bits per heavy atom. The number of hydrogen-bond donors (Lipinski definition) is 0. The molecule has 1 saturated heterocycles. The molecule has 0 spiro atoms. The normalized spacial score (nSPS) is 23.3. The van der Waals surface area contributed by atoms with Gasteiger partial charge in [0.2, 0.25) is 5.91 Å². The van der Waals surface area contributed by atoms with Crippen molar-refractivity contribution in [3.8, 4) is 0 Å². The molecule has 0 saturated carbocycles. The number of nitro groups is 1. The first-order valence-electron chi connectivity index (χ1n) is 9.55. The third-order valence-corrected chi connectivity index (χ3v) is 6.90. The van der Waals surface area contributed by atoms with Gasteiger partial charge in [0.1, 0.15) is 6.61 Å². The Morgan fingerprint density at radius 2 is 1.88 bits per heavy atom. The summed E-state index contributed by atoms with van der Waals surface area (Å²) >= 11 is 0. The Bertz CT molecular complexity index is 1150. The van der Waals surface area contributed by atoms with Crippen LogP contribution >= 0.6 is 9.47 Å². The highest BCUT2D eigenvalue weighted by molar-refractivity contribution is 7.87. The molecule has 1 fully saturated rings. The van der Waals surface area contributed by atoms with E-state index >= 15 is 0 Å². The van der Waals surface area contributed by atoms with E-state index in [9.17, 15) is 41.3 Å². The average molecular weight is 526 g/mol. The van der Waals surface area contributed by atoms with E-state index in [4.69, 9.17) is 9.26 Å². The van der Waals surface area contributed by atoms with E-state index in [1.165, 1.54) is 26.0 Å². The molecule has 5 atom stereocenters. The Balaban J connectivity index is 1.91. The van der Waals surface area contributed by atoms with Gasteiger partial charge in [-0.1, -0.05) is 6.92 Å². The number of esters is 1. The van der Waals surface area contributed by atoms with Crippen molar-refractivity contribution in [2.75, 3.05) is 0 Å². The van der Waals surface area contributed by atoms with Crippen LogP contribution < -0.4 is 0 Å². The van der Waals surface area contributed by atoms with Crippen molar-refractivity contribution >= 4 is 37.1 Å². The number of nitro benzene ring substituents is 1. The van der Waals surface area contributed by atoms with Crippen LogP contribution in [0.2, 0.25) is 0 Å². The number of carbonyl (C=O) groups is 2. The molecule has 1 aromatic carbocycles. The van der Waals surface area contributed by atoms with Gasteiger partial charge in [-0.15, -0.1) is 0 Å². The number of nitrogens with zero attached hydrogens (tertiary/aromatic N) is 2. The third-order valence-electron chi connectivity index (χ3n) is 5.50. The monoisotopic (exact) mass is 526 g/mol. The van der Waals surface area contributed by atoms with Crippen LogP contribution in [0.1, 0.15) is 19.4 Å².